The van der Waals surface area contributed by atoms with E-state index in [1.54, 1.807) is 14.2 Å². The average molecular weight is 320 g/mol. The molecule has 3 heteroatoms. The van der Waals surface area contributed by atoms with E-state index in [2.05, 4.69) is 0 Å². The molecule has 0 spiro atoms. The molecular weight excluding hydrogens is 300 g/mol. The van der Waals surface area contributed by atoms with Crippen LogP contribution in [0.4, 0.5) is 0 Å². The Bertz CT molecular complexity index is 758. The fourth-order valence-electron chi connectivity index (χ4n) is 2.93. The Hall–Kier alpha value is -2.78. The molecule has 0 unspecified atom stereocenters. The van der Waals surface area contributed by atoms with E-state index < -0.39 is 5.60 Å². The molecule has 3 aromatic carbocycles. The Morgan fingerprint density at radius 2 is 1.25 bits per heavy atom. The average Bonchev–Trinajstić information content (AvgIpc) is 2.68. The minimum Gasteiger partial charge on any atom is -0.497 e. The summed E-state index contributed by atoms with van der Waals surface area (Å²) in [5.74, 6) is 1.27. The number of benzene rings is 3. The van der Waals surface area contributed by atoms with Crippen molar-refractivity contribution in [2.24, 2.45) is 0 Å². The summed E-state index contributed by atoms with van der Waals surface area (Å²) in [7, 11) is 3.21. The Kier molecular flexibility index (Phi) is 4.54. The van der Waals surface area contributed by atoms with Gasteiger partial charge in [-0.15, -0.1) is 0 Å². The molecule has 0 heterocycles. The summed E-state index contributed by atoms with van der Waals surface area (Å²) in [6.45, 7) is 0. The van der Waals surface area contributed by atoms with Crippen molar-refractivity contribution in [2.45, 2.75) is 5.60 Å². The lowest BCUT2D eigenvalue weighted by Gasteiger charge is -2.31. The van der Waals surface area contributed by atoms with Crippen LogP contribution in [0.15, 0.2) is 78.9 Å². The van der Waals surface area contributed by atoms with Gasteiger partial charge in [-0.3, -0.25) is 0 Å². The van der Waals surface area contributed by atoms with Crippen LogP contribution in [0.25, 0.3) is 0 Å². The molecule has 3 nitrogen and oxygen atoms in total. The maximum absolute atomic E-state index is 11.8. The zero-order valence-electron chi connectivity index (χ0n) is 13.8. The standard InChI is InChI=1S/C21H20O3/c1-23-18-13-14-20(24-2)19(15-18)21(22,16-9-5-3-6-10-16)17-11-7-4-8-12-17/h3-15,22H,1-2H3. The van der Waals surface area contributed by atoms with Crippen LogP contribution in [0.3, 0.4) is 0 Å². The zero-order chi connectivity index (χ0) is 17.0. The highest BCUT2D eigenvalue weighted by molar-refractivity contribution is 5.54. The van der Waals surface area contributed by atoms with Crippen molar-refractivity contribution in [1.82, 2.24) is 0 Å². The molecule has 1 N–H and O–H groups in total. The number of hydrogen-bond donors (Lipinski definition) is 1. The summed E-state index contributed by atoms with van der Waals surface area (Å²) in [4.78, 5) is 0. The lowest BCUT2D eigenvalue weighted by atomic mass is 9.80. The van der Waals surface area contributed by atoms with Crippen LogP contribution >= 0.6 is 0 Å². The van der Waals surface area contributed by atoms with Crippen molar-refractivity contribution in [2.75, 3.05) is 14.2 Å². The molecule has 3 rings (SSSR count). The number of aliphatic hydroxyl groups is 1. The van der Waals surface area contributed by atoms with Crippen LogP contribution in [-0.2, 0) is 5.60 Å². The molecule has 0 aliphatic carbocycles. The molecule has 0 aromatic heterocycles. The second-order valence-electron chi connectivity index (χ2n) is 5.51. The Balaban J connectivity index is 2.31. The van der Waals surface area contributed by atoms with Crippen molar-refractivity contribution in [3.63, 3.8) is 0 Å². The molecule has 0 atom stereocenters. The summed E-state index contributed by atoms with van der Waals surface area (Å²) in [6, 6.07) is 24.6. The van der Waals surface area contributed by atoms with Gasteiger partial charge in [-0.2, -0.15) is 0 Å². The lowest BCUT2D eigenvalue weighted by molar-refractivity contribution is 0.122. The molecule has 0 saturated heterocycles. The second kappa shape index (κ2) is 6.77. The highest BCUT2D eigenvalue weighted by Gasteiger charge is 2.36. The van der Waals surface area contributed by atoms with E-state index in [1.165, 1.54) is 0 Å². The highest BCUT2D eigenvalue weighted by atomic mass is 16.5. The topological polar surface area (TPSA) is 38.7 Å². The molecule has 0 aliphatic heterocycles. The minimum absolute atomic E-state index is 0.603. The molecule has 0 aliphatic rings. The molecule has 3 aromatic rings. The molecule has 0 bridgehead atoms. The Morgan fingerprint density at radius 3 is 1.71 bits per heavy atom. The van der Waals surface area contributed by atoms with Crippen molar-refractivity contribution in [1.29, 1.82) is 0 Å². The Labute approximate surface area is 142 Å². The fraction of sp³-hybridized carbons (Fsp3) is 0.143. The van der Waals surface area contributed by atoms with Gasteiger partial charge in [0.25, 0.3) is 0 Å². The quantitative estimate of drug-likeness (QED) is 0.723. The maximum atomic E-state index is 11.8. The van der Waals surface area contributed by atoms with E-state index in [0.29, 0.717) is 17.1 Å². The third-order valence-corrected chi connectivity index (χ3v) is 4.18. The van der Waals surface area contributed by atoms with E-state index in [4.69, 9.17) is 9.47 Å². The van der Waals surface area contributed by atoms with E-state index in [1.807, 2.05) is 78.9 Å². The monoisotopic (exact) mass is 320 g/mol. The molecule has 0 fully saturated rings. The van der Waals surface area contributed by atoms with E-state index in [9.17, 15) is 5.11 Å². The zero-order valence-corrected chi connectivity index (χ0v) is 13.8. The molecular formula is C21H20O3. The third-order valence-electron chi connectivity index (χ3n) is 4.18. The SMILES string of the molecule is COc1ccc(OC)c(C(O)(c2ccccc2)c2ccccc2)c1. The van der Waals surface area contributed by atoms with Crippen LogP contribution in [-0.4, -0.2) is 19.3 Å². The molecule has 122 valence electrons. The van der Waals surface area contributed by atoms with E-state index >= 15 is 0 Å². The maximum Gasteiger partial charge on any atom is 0.144 e. The van der Waals surface area contributed by atoms with Crippen molar-refractivity contribution in [3.05, 3.63) is 95.6 Å². The van der Waals surface area contributed by atoms with Gasteiger partial charge in [-0.25, -0.2) is 0 Å². The first-order valence-electron chi connectivity index (χ1n) is 7.76. The molecule has 24 heavy (non-hydrogen) atoms. The third kappa shape index (κ3) is 2.74. The molecule has 0 radical (unpaired) electrons. The van der Waals surface area contributed by atoms with Gasteiger partial charge in [0.2, 0.25) is 0 Å². The highest BCUT2D eigenvalue weighted by Crippen LogP contribution is 2.42. The van der Waals surface area contributed by atoms with Crippen LogP contribution < -0.4 is 9.47 Å². The second-order valence-corrected chi connectivity index (χ2v) is 5.51. The van der Waals surface area contributed by atoms with Gasteiger partial charge in [0.15, 0.2) is 0 Å². The van der Waals surface area contributed by atoms with Gasteiger partial charge < -0.3 is 14.6 Å². The number of ether oxygens (including phenoxy) is 2. The first-order chi connectivity index (χ1) is 11.7. The lowest BCUT2D eigenvalue weighted by Crippen LogP contribution is -2.29. The Morgan fingerprint density at radius 1 is 0.708 bits per heavy atom. The van der Waals surface area contributed by atoms with Gasteiger partial charge in [0.05, 0.1) is 14.2 Å². The van der Waals surface area contributed by atoms with Crippen LogP contribution in [0.5, 0.6) is 11.5 Å². The molecule has 0 amide bonds. The van der Waals surface area contributed by atoms with Crippen molar-refractivity contribution < 1.29 is 14.6 Å². The van der Waals surface area contributed by atoms with Gasteiger partial charge in [0.1, 0.15) is 17.1 Å². The van der Waals surface area contributed by atoms with Gasteiger partial charge in [-0.05, 0) is 29.3 Å². The largest absolute Gasteiger partial charge is 0.497 e. The summed E-state index contributed by atoms with van der Waals surface area (Å²) < 4.78 is 10.9. The number of methoxy groups -OCH3 is 2. The minimum atomic E-state index is -1.34. The molecule has 0 saturated carbocycles. The van der Waals surface area contributed by atoms with Crippen LogP contribution in [0.1, 0.15) is 16.7 Å². The van der Waals surface area contributed by atoms with Crippen molar-refractivity contribution in [3.8, 4) is 11.5 Å². The van der Waals surface area contributed by atoms with Gasteiger partial charge in [-0.1, -0.05) is 60.7 Å². The van der Waals surface area contributed by atoms with E-state index in [-0.39, 0.29) is 0 Å². The summed E-state index contributed by atoms with van der Waals surface area (Å²) in [6.07, 6.45) is 0. The fourth-order valence-corrected chi connectivity index (χ4v) is 2.93. The van der Waals surface area contributed by atoms with Crippen molar-refractivity contribution >= 4 is 0 Å². The first-order valence-corrected chi connectivity index (χ1v) is 7.76. The smallest absolute Gasteiger partial charge is 0.144 e. The summed E-state index contributed by atoms with van der Waals surface area (Å²) in [5, 5.41) is 11.8. The van der Waals surface area contributed by atoms with E-state index in [0.717, 1.165) is 11.1 Å². The van der Waals surface area contributed by atoms with Crippen LogP contribution in [0, 0.1) is 0 Å². The predicted octanol–water partition coefficient (Wildman–Crippen LogP) is 3.99. The first kappa shape index (κ1) is 16.1. The van der Waals surface area contributed by atoms with Gasteiger partial charge in [0, 0.05) is 5.56 Å². The predicted molar refractivity (Wildman–Crippen MR) is 94.5 cm³/mol. The van der Waals surface area contributed by atoms with Gasteiger partial charge >= 0.3 is 0 Å². The normalized spacial score (nSPS) is 11.1. The number of hydrogen-bond acceptors (Lipinski definition) is 3. The number of rotatable bonds is 5. The summed E-state index contributed by atoms with van der Waals surface area (Å²) in [5.41, 5.74) is 0.829. The van der Waals surface area contributed by atoms with Crippen LogP contribution in [0.2, 0.25) is 0 Å². The summed E-state index contributed by atoms with van der Waals surface area (Å²) >= 11 is 0.